The normalized spacial score (nSPS) is 12.7. The average Bonchev–Trinajstić information content (AvgIpc) is 2.27. The molecule has 90 valence electrons. The first-order valence-electron chi connectivity index (χ1n) is 5.87. The standard InChI is InChI=1S/C12H21N3O/c1-4-11(13-3)6-5-7-15-9-14-10(2)8-12(15)16/h8-9,11,13H,4-7H2,1-3H3. The van der Waals surface area contributed by atoms with Crippen LogP contribution in [0.5, 0.6) is 0 Å². The molecule has 1 unspecified atom stereocenters. The van der Waals surface area contributed by atoms with Crippen LogP contribution >= 0.6 is 0 Å². The summed E-state index contributed by atoms with van der Waals surface area (Å²) < 4.78 is 1.68. The molecule has 4 heteroatoms. The molecule has 0 amide bonds. The summed E-state index contributed by atoms with van der Waals surface area (Å²) in [4.78, 5) is 15.7. The van der Waals surface area contributed by atoms with Gasteiger partial charge in [0.2, 0.25) is 0 Å². The van der Waals surface area contributed by atoms with Crippen molar-refractivity contribution >= 4 is 0 Å². The molecule has 0 aliphatic heterocycles. The first kappa shape index (κ1) is 12.9. The molecule has 1 aromatic rings. The Labute approximate surface area is 96.7 Å². The van der Waals surface area contributed by atoms with E-state index in [1.807, 2.05) is 14.0 Å². The Kier molecular flexibility index (Phi) is 5.19. The van der Waals surface area contributed by atoms with E-state index in [0.717, 1.165) is 31.5 Å². The van der Waals surface area contributed by atoms with Gasteiger partial charge in [0.15, 0.2) is 0 Å². The Morgan fingerprint density at radius 3 is 2.88 bits per heavy atom. The molecule has 0 aliphatic carbocycles. The van der Waals surface area contributed by atoms with E-state index in [1.165, 1.54) is 0 Å². The van der Waals surface area contributed by atoms with Crippen LogP contribution in [0, 0.1) is 6.92 Å². The molecule has 0 aromatic carbocycles. The minimum Gasteiger partial charge on any atom is -0.317 e. The SMILES string of the molecule is CCC(CCCn1cnc(C)cc1=O)NC. The van der Waals surface area contributed by atoms with Crippen LogP contribution in [-0.2, 0) is 6.54 Å². The zero-order valence-corrected chi connectivity index (χ0v) is 10.4. The van der Waals surface area contributed by atoms with E-state index >= 15 is 0 Å². The van der Waals surface area contributed by atoms with Gasteiger partial charge in [-0.1, -0.05) is 6.92 Å². The number of aryl methyl sites for hydroxylation is 2. The molecule has 1 rings (SSSR count). The minimum absolute atomic E-state index is 0.0463. The third-order valence-corrected chi connectivity index (χ3v) is 2.87. The predicted molar refractivity (Wildman–Crippen MR) is 65.6 cm³/mol. The molecule has 0 saturated heterocycles. The number of nitrogens with zero attached hydrogens (tertiary/aromatic N) is 2. The first-order valence-corrected chi connectivity index (χ1v) is 5.87. The average molecular weight is 223 g/mol. The molecule has 16 heavy (non-hydrogen) atoms. The number of hydrogen-bond donors (Lipinski definition) is 1. The molecule has 0 fully saturated rings. The van der Waals surface area contributed by atoms with Crippen molar-refractivity contribution in [3.8, 4) is 0 Å². The lowest BCUT2D eigenvalue weighted by Gasteiger charge is -2.13. The Morgan fingerprint density at radius 2 is 2.31 bits per heavy atom. The number of rotatable bonds is 6. The summed E-state index contributed by atoms with van der Waals surface area (Å²) in [5.41, 5.74) is 0.827. The molecular formula is C12H21N3O. The quantitative estimate of drug-likeness (QED) is 0.791. The van der Waals surface area contributed by atoms with Gasteiger partial charge >= 0.3 is 0 Å². The van der Waals surface area contributed by atoms with Crippen molar-refractivity contribution in [2.45, 2.75) is 45.7 Å². The van der Waals surface area contributed by atoms with E-state index in [2.05, 4.69) is 17.2 Å². The van der Waals surface area contributed by atoms with E-state index in [-0.39, 0.29) is 5.56 Å². The van der Waals surface area contributed by atoms with Crippen LogP contribution in [0.2, 0.25) is 0 Å². The lowest BCUT2D eigenvalue weighted by atomic mass is 10.1. The van der Waals surface area contributed by atoms with Crippen molar-refractivity contribution in [1.29, 1.82) is 0 Å². The lowest BCUT2D eigenvalue weighted by molar-refractivity contribution is 0.463. The third kappa shape index (κ3) is 3.77. The predicted octanol–water partition coefficient (Wildman–Crippen LogP) is 1.33. The summed E-state index contributed by atoms with van der Waals surface area (Å²) in [5, 5.41) is 3.26. The van der Waals surface area contributed by atoms with Crippen LogP contribution in [-0.4, -0.2) is 22.6 Å². The fraction of sp³-hybridized carbons (Fsp3) is 0.667. The van der Waals surface area contributed by atoms with Gasteiger partial charge in [0.1, 0.15) is 0 Å². The molecule has 1 aromatic heterocycles. The highest BCUT2D eigenvalue weighted by Crippen LogP contribution is 2.01. The second-order valence-electron chi connectivity index (χ2n) is 4.10. The summed E-state index contributed by atoms with van der Waals surface area (Å²) in [6.07, 6.45) is 4.85. The number of aromatic nitrogens is 2. The highest BCUT2D eigenvalue weighted by atomic mass is 16.1. The van der Waals surface area contributed by atoms with Crippen LogP contribution < -0.4 is 10.9 Å². The molecule has 1 heterocycles. The van der Waals surface area contributed by atoms with Crippen molar-refractivity contribution in [3.63, 3.8) is 0 Å². The maximum atomic E-state index is 11.6. The number of hydrogen-bond acceptors (Lipinski definition) is 3. The highest BCUT2D eigenvalue weighted by molar-refractivity contribution is 4.95. The fourth-order valence-electron chi connectivity index (χ4n) is 1.75. The third-order valence-electron chi connectivity index (χ3n) is 2.87. The van der Waals surface area contributed by atoms with Crippen molar-refractivity contribution < 1.29 is 0 Å². The monoisotopic (exact) mass is 223 g/mol. The zero-order chi connectivity index (χ0) is 12.0. The van der Waals surface area contributed by atoms with Gasteiger partial charge in [-0.3, -0.25) is 9.36 Å². The van der Waals surface area contributed by atoms with Gasteiger partial charge < -0.3 is 5.32 Å². The fourth-order valence-corrected chi connectivity index (χ4v) is 1.75. The van der Waals surface area contributed by atoms with E-state index in [4.69, 9.17) is 0 Å². The summed E-state index contributed by atoms with van der Waals surface area (Å²) in [5.74, 6) is 0. The minimum atomic E-state index is 0.0463. The largest absolute Gasteiger partial charge is 0.317 e. The van der Waals surface area contributed by atoms with Crippen molar-refractivity contribution in [3.05, 3.63) is 28.4 Å². The molecular weight excluding hydrogens is 202 g/mol. The lowest BCUT2D eigenvalue weighted by Crippen LogP contribution is -2.26. The van der Waals surface area contributed by atoms with Gasteiger partial charge in [0, 0.05) is 24.3 Å². The second-order valence-corrected chi connectivity index (χ2v) is 4.10. The van der Waals surface area contributed by atoms with Crippen LogP contribution in [0.4, 0.5) is 0 Å². The molecule has 0 saturated carbocycles. The Hall–Kier alpha value is -1.16. The van der Waals surface area contributed by atoms with Gasteiger partial charge in [-0.2, -0.15) is 0 Å². The molecule has 0 spiro atoms. The molecule has 0 aliphatic rings. The first-order chi connectivity index (χ1) is 7.67. The van der Waals surface area contributed by atoms with Gasteiger partial charge in [-0.05, 0) is 33.2 Å². The van der Waals surface area contributed by atoms with Crippen LogP contribution in [0.15, 0.2) is 17.2 Å². The van der Waals surface area contributed by atoms with Crippen molar-refractivity contribution in [2.75, 3.05) is 7.05 Å². The van der Waals surface area contributed by atoms with Gasteiger partial charge in [-0.15, -0.1) is 0 Å². The summed E-state index contributed by atoms with van der Waals surface area (Å²) in [7, 11) is 1.98. The Balaban J connectivity index is 2.46. The van der Waals surface area contributed by atoms with E-state index in [9.17, 15) is 4.79 Å². The van der Waals surface area contributed by atoms with Crippen LogP contribution in [0.1, 0.15) is 31.9 Å². The van der Waals surface area contributed by atoms with E-state index in [0.29, 0.717) is 6.04 Å². The zero-order valence-electron chi connectivity index (χ0n) is 10.4. The smallest absolute Gasteiger partial charge is 0.253 e. The van der Waals surface area contributed by atoms with Crippen LogP contribution in [0.25, 0.3) is 0 Å². The summed E-state index contributed by atoms with van der Waals surface area (Å²) in [6, 6.07) is 2.13. The Bertz CT molecular complexity index is 369. The Morgan fingerprint density at radius 1 is 1.56 bits per heavy atom. The second kappa shape index (κ2) is 6.43. The topological polar surface area (TPSA) is 46.9 Å². The van der Waals surface area contributed by atoms with E-state index < -0.39 is 0 Å². The van der Waals surface area contributed by atoms with Crippen molar-refractivity contribution in [2.24, 2.45) is 0 Å². The van der Waals surface area contributed by atoms with Gasteiger partial charge in [0.25, 0.3) is 5.56 Å². The molecule has 0 radical (unpaired) electrons. The molecule has 0 bridgehead atoms. The van der Waals surface area contributed by atoms with Gasteiger partial charge in [-0.25, -0.2) is 4.98 Å². The van der Waals surface area contributed by atoms with Crippen molar-refractivity contribution in [1.82, 2.24) is 14.9 Å². The maximum absolute atomic E-state index is 11.6. The summed E-state index contributed by atoms with van der Waals surface area (Å²) >= 11 is 0. The van der Waals surface area contributed by atoms with E-state index in [1.54, 1.807) is 17.0 Å². The number of nitrogens with one attached hydrogen (secondary N) is 1. The molecule has 4 nitrogen and oxygen atoms in total. The highest BCUT2D eigenvalue weighted by Gasteiger charge is 2.03. The maximum Gasteiger partial charge on any atom is 0.253 e. The van der Waals surface area contributed by atoms with Crippen LogP contribution in [0.3, 0.4) is 0 Å². The van der Waals surface area contributed by atoms with Gasteiger partial charge in [0.05, 0.1) is 6.33 Å². The molecule has 1 atom stereocenters. The molecule has 1 N–H and O–H groups in total. The summed E-state index contributed by atoms with van der Waals surface area (Å²) in [6.45, 7) is 4.75.